The largest absolute Gasteiger partial charge is 0.348 e. The Labute approximate surface area is 177 Å². The summed E-state index contributed by atoms with van der Waals surface area (Å²) in [4.78, 5) is 12.6. The van der Waals surface area contributed by atoms with Crippen LogP contribution in [0.15, 0.2) is 59.5 Å². The van der Waals surface area contributed by atoms with Crippen LogP contribution in [0.4, 0.5) is 5.69 Å². The fraction of sp³-hybridized carbons (Fsp3) is 0.350. The first kappa shape index (κ1) is 22.3. The molecular weight excluding hydrogens is 426 g/mol. The SMILES string of the molecule is CN(c1ccccc1)S(=O)(=O)c1ccc(C(=O)NC2CCCN(S(C)(=O)=O)C2)cc1. The second-order valence-electron chi connectivity index (χ2n) is 7.27. The van der Waals surface area contributed by atoms with Crippen LogP contribution in [0.3, 0.4) is 0 Å². The van der Waals surface area contributed by atoms with Crippen molar-refractivity contribution in [2.75, 3.05) is 30.7 Å². The molecule has 0 spiro atoms. The molecule has 1 saturated heterocycles. The molecule has 1 unspecified atom stereocenters. The van der Waals surface area contributed by atoms with Crippen molar-refractivity contribution in [1.82, 2.24) is 9.62 Å². The van der Waals surface area contributed by atoms with Crippen LogP contribution in [-0.2, 0) is 20.0 Å². The van der Waals surface area contributed by atoms with E-state index in [4.69, 9.17) is 0 Å². The van der Waals surface area contributed by atoms with Gasteiger partial charge in [0.05, 0.1) is 16.8 Å². The zero-order valence-corrected chi connectivity index (χ0v) is 18.5. The van der Waals surface area contributed by atoms with Gasteiger partial charge in [-0.15, -0.1) is 0 Å². The maximum absolute atomic E-state index is 12.8. The van der Waals surface area contributed by atoms with Crippen LogP contribution >= 0.6 is 0 Å². The summed E-state index contributed by atoms with van der Waals surface area (Å²) in [6.45, 7) is 0.686. The monoisotopic (exact) mass is 451 g/mol. The quantitative estimate of drug-likeness (QED) is 0.719. The first-order chi connectivity index (χ1) is 14.1. The Morgan fingerprint density at radius 1 is 1.03 bits per heavy atom. The molecule has 1 fully saturated rings. The molecule has 1 aliphatic rings. The molecule has 0 radical (unpaired) electrons. The van der Waals surface area contributed by atoms with E-state index in [1.54, 1.807) is 30.3 Å². The topological polar surface area (TPSA) is 104 Å². The number of anilines is 1. The van der Waals surface area contributed by atoms with E-state index >= 15 is 0 Å². The lowest BCUT2D eigenvalue weighted by atomic mass is 10.1. The van der Waals surface area contributed by atoms with E-state index in [1.807, 2.05) is 0 Å². The molecule has 0 aliphatic carbocycles. The molecule has 30 heavy (non-hydrogen) atoms. The van der Waals surface area contributed by atoms with Gasteiger partial charge in [0.2, 0.25) is 10.0 Å². The third-order valence-electron chi connectivity index (χ3n) is 5.08. The van der Waals surface area contributed by atoms with Crippen LogP contribution in [0.25, 0.3) is 0 Å². The van der Waals surface area contributed by atoms with Gasteiger partial charge in [-0.1, -0.05) is 18.2 Å². The Balaban J connectivity index is 1.70. The third-order valence-corrected chi connectivity index (χ3v) is 8.15. The summed E-state index contributed by atoms with van der Waals surface area (Å²) in [5.41, 5.74) is 0.847. The smallest absolute Gasteiger partial charge is 0.264 e. The first-order valence-corrected chi connectivity index (χ1v) is 12.8. The summed E-state index contributed by atoms with van der Waals surface area (Å²) in [5, 5.41) is 2.84. The van der Waals surface area contributed by atoms with E-state index in [1.165, 1.54) is 39.9 Å². The molecule has 3 rings (SSSR count). The number of sulfonamides is 2. The molecule has 1 atom stereocenters. The van der Waals surface area contributed by atoms with Crippen molar-refractivity contribution >= 4 is 31.6 Å². The molecule has 1 amide bonds. The number of hydrogen-bond acceptors (Lipinski definition) is 5. The second-order valence-corrected chi connectivity index (χ2v) is 11.2. The highest BCUT2D eigenvalue weighted by Gasteiger charge is 2.27. The third kappa shape index (κ3) is 5.00. The average Bonchev–Trinajstić information content (AvgIpc) is 2.73. The Morgan fingerprint density at radius 2 is 1.67 bits per heavy atom. The van der Waals surface area contributed by atoms with Crippen LogP contribution in [0.2, 0.25) is 0 Å². The van der Waals surface area contributed by atoms with E-state index in [0.717, 1.165) is 6.26 Å². The van der Waals surface area contributed by atoms with Crippen molar-refractivity contribution in [1.29, 1.82) is 0 Å². The Hall–Kier alpha value is -2.43. The van der Waals surface area contributed by atoms with E-state index in [-0.39, 0.29) is 23.4 Å². The molecule has 162 valence electrons. The van der Waals surface area contributed by atoms with Gasteiger partial charge >= 0.3 is 0 Å². The number of amides is 1. The molecule has 1 heterocycles. The molecule has 2 aromatic rings. The highest BCUT2D eigenvalue weighted by Crippen LogP contribution is 2.22. The molecular formula is C20H25N3O5S2. The number of hydrogen-bond donors (Lipinski definition) is 1. The highest BCUT2D eigenvalue weighted by atomic mass is 32.2. The summed E-state index contributed by atoms with van der Waals surface area (Å²) < 4.78 is 51.6. The van der Waals surface area contributed by atoms with Crippen LogP contribution in [0, 0.1) is 0 Å². The maximum atomic E-state index is 12.8. The zero-order valence-electron chi connectivity index (χ0n) is 16.9. The standard InChI is InChI=1S/C20H25N3O5S2/c1-22(18-8-4-3-5-9-18)30(27,28)19-12-10-16(11-13-19)20(24)21-17-7-6-14-23(15-17)29(2,25)26/h3-5,8-13,17H,6-7,14-15H2,1-2H3,(H,21,24). The lowest BCUT2D eigenvalue weighted by molar-refractivity contribution is 0.0921. The van der Waals surface area contributed by atoms with Crippen molar-refractivity contribution in [3.63, 3.8) is 0 Å². The van der Waals surface area contributed by atoms with E-state index in [2.05, 4.69) is 5.32 Å². The van der Waals surface area contributed by atoms with Crippen molar-refractivity contribution in [3.05, 3.63) is 60.2 Å². The molecule has 8 nitrogen and oxygen atoms in total. The van der Waals surface area contributed by atoms with Crippen LogP contribution in [-0.4, -0.2) is 59.5 Å². The Bertz CT molecular complexity index is 1100. The Kier molecular flexibility index (Phi) is 6.49. The predicted octanol–water partition coefficient (Wildman–Crippen LogP) is 1.67. The van der Waals surface area contributed by atoms with Crippen molar-refractivity contribution in [2.24, 2.45) is 0 Å². The normalized spacial score (nSPS) is 18.0. The average molecular weight is 452 g/mol. The number of carbonyl (C=O) groups excluding carboxylic acids is 1. The summed E-state index contributed by atoms with van der Waals surface area (Å²) in [7, 11) is -5.58. The van der Waals surface area contributed by atoms with Crippen molar-refractivity contribution < 1.29 is 21.6 Å². The minimum absolute atomic E-state index is 0.0753. The number of piperidine rings is 1. The van der Waals surface area contributed by atoms with Gasteiger partial charge in [0.25, 0.3) is 15.9 Å². The van der Waals surface area contributed by atoms with Crippen LogP contribution < -0.4 is 9.62 Å². The second kappa shape index (κ2) is 8.75. The Morgan fingerprint density at radius 3 is 2.27 bits per heavy atom. The van der Waals surface area contributed by atoms with Crippen molar-refractivity contribution in [3.8, 4) is 0 Å². The van der Waals surface area contributed by atoms with Gasteiger partial charge in [-0.05, 0) is 49.2 Å². The molecule has 0 saturated carbocycles. The first-order valence-electron chi connectivity index (χ1n) is 9.49. The number of nitrogens with one attached hydrogen (secondary N) is 1. The van der Waals surface area contributed by atoms with Gasteiger partial charge in [0.15, 0.2) is 0 Å². The fourth-order valence-corrected chi connectivity index (χ4v) is 5.45. The van der Waals surface area contributed by atoms with E-state index in [0.29, 0.717) is 30.6 Å². The van der Waals surface area contributed by atoms with Gasteiger partial charge in [-0.3, -0.25) is 9.10 Å². The van der Waals surface area contributed by atoms with Gasteiger partial charge in [-0.25, -0.2) is 21.1 Å². The van der Waals surface area contributed by atoms with Crippen molar-refractivity contribution in [2.45, 2.75) is 23.8 Å². The summed E-state index contributed by atoms with van der Waals surface area (Å²) in [6, 6.07) is 14.1. The predicted molar refractivity (Wildman–Crippen MR) is 115 cm³/mol. The van der Waals surface area contributed by atoms with E-state index in [9.17, 15) is 21.6 Å². The molecule has 0 aromatic heterocycles. The van der Waals surface area contributed by atoms with Gasteiger partial charge in [-0.2, -0.15) is 0 Å². The van der Waals surface area contributed by atoms with Gasteiger partial charge in [0, 0.05) is 31.7 Å². The minimum atomic E-state index is -3.76. The number of carbonyl (C=O) groups is 1. The van der Waals surface area contributed by atoms with Gasteiger partial charge < -0.3 is 5.32 Å². The zero-order chi connectivity index (χ0) is 21.9. The summed E-state index contributed by atoms with van der Waals surface area (Å²) >= 11 is 0. The summed E-state index contributed by atoms with van der Waals surface area (Å²) in [5.74, 6) is -0.365. The number of nitrogens with zero attached hydrogens (tertiary/aromatic N) is 2. The number of para-hydroxylation sites is 1. The van der Waals surface area contributed by atoms with Crippen LogP contribution in [0.1, 0.15) is 23.2 Å². The molecule has 10 heteroatoms. The lowest BCUT2D eigenvalue weighted by Gasteiger charge is -2.31. The minimum Gasteiger partial charge on any atom is -0.348 e. The maximum Gasteiger partial charge on any atom is 0.264 e. The fourth-order valence-electron chi connectivity index (χ4n) is 3.34. The number of benzene rings is 2. The van der Waals surface area contributed by atoms with Crippen LogP contribution in [0.5, 0.6) is 0 Å². The molecule has 1 aliphatic heterocycles. The lowest BCUT2D eigenvalue weighted by Crippen LogP contribution is -2.49. The molecule has 0 bridgehead atoms. The molecule has 1 N–H and O–H groups in total. The number of rotatable bonds is 6. The highest BCUT2D eigenvalue weighted by molar-refractivity contribution is 7.92. The summed E-state index contributed by atoms with van der Waals surface area (Å²) in [6.07, 6.45) is 2.51. The van der Waals surface area contributed by atoms with E-state index < -0.39 is 20.0 Å². The van der Waals surface area contributed by atoms with Gasteiger partial charge in [0.1, 0.15) is 0 Å². The molecule has 2 aromatic carbocycles.